The standard InChI is InChI=1S/C28H30N4O4S2/c1-19-7-10-23(11-8-19)38(34,35)31-16-13-21(14-17-31)27(33)32(18-22-6-4-5-15-29-22)28-30-25-24(36-3)12-9-20(2)26(25)37-28/h4-12,15,21H,13-14,16-18H2,1-3H3. The molecule has 3 heterocycles. The maximum absolute atomic E-state index is 13.9. The molecule has 0 spiro atoms. The predicted octanol–water partition coefficient (Wildman–Crippen LogP) is 4.95. The number of anilines is 1. The summed E-state index contributed by atoms with van der Waals surface area (Å²) in [5.74, 6) is 0.268. The summed E-state index contributed by atoms with van der Waals surface area (Å²) in [5.41, 5.74) is 3.54. The second kappa shape index (κ2) is 10.8. The lowest BCUT2D eigenvalue weighted by Gasteiger charge is -2.33. The van der Waals surface area contributed by atoms with Gasteiger partial charge in [-0.1, -0.05) is 41.2 Å². The molecule has 198 valence electrons. The average molecular weight is 551 g/mol. The van der Waals surface area contributed by atoms with Crippen molar-refractivity contribution >= 4 is 42.6 Å². The number of amides is 1. The lowest BCUT2D eigenvalue weighted by molar-refractivity contribution is -0.123. The highest BCUT2D eigenvalue weighted by Crippen LogP contribution is 2.38. The van der Waals surface area contributed by atoms with Gasteiger partial charge in [0.15, 0.2) is 5.13 Å². The SMILES string of the molecule is COc1ccc(C)c2sc(N(Cc3ccccn3)C(=O)C3CCN(S(=O)(=O)c4ccc(C)cc4)CC3)nc12. The Labute approximate surface area is 227 Å². The molecule has 1 aliphatic rings. The van der Waals surface area contributed by atoms with Crippen LogP contribution in [0, 0.1) is 19.8 Å². The van der Waals surface area contributed by atoms with Crippen LogP contribution in [0.5, 0.6) is 5.75 Å². The van der Waals surface area contributed by atoms with E-state index in [1.54, 1.807) is 42.5 Å². The fourth-order valence-corrected chi connectivity index (χ4v) is 7.22. The highest BCUT2D eigenvalue weighted by molar-refractivity contribution is 7.89. The first-order valence-electron chi connectivity index (χ1n) is 12.5. The largest absolute Gasteiger partial charge is 0.494 e. The van der Waals surface area contributed by atoms with Crippen molar-refractivity contribution in [3.63, 3.8) is 0 Å². The molecule has 0 atom stereocenters. The molecule has 0 saturated carbocycles. The average Bonchev–Trinajstić information content (AvgIpc) is 3.39. The van der Waals surface area contributed by atoms with Crippen molar-refractivity contribution in [2.45, 2.75) is 38.1 Å². The third-order valence-corrected chi connectivity index (χ3v) is 10.0. The van der Waals surface area contributed by atoms with Crippen LogP contribution in [-0.4, -0.2) is 48.8 Å². The minimum atomic E-state index is -3.60. The fraction of sp³-hybridized carbons (Fsp3) is 0.321. The van der Waals surface area contributed by atoms with E-state index in [0.29, 0.717) is 23.7 Å². The Hall–Kier alpha value is -3.34. The lowest BCUT2D eigenvalue weighted by atomic mass is 9.96. The Bertz CT molecular complexity index is 1550. The van der Waals surface area contributed by atoms with Crippen LogP contribution in [-0.2, 0) is 21.4 Å². The number of pyridine rings is 1. The van der Waals surface area contributed by atoms with Crippen LogP contribution in [0.15, 0.2) is 65.7 Å². The number of carbonyl (C=O) groups excluding carboxylic acids is 1. The maximum atomic E-state index is 13.9. The number of thiazole rings is 1. The Balaban J connectivity index is 1.40. The molecule has 0 aliphatic carbocycles. The van der Waals surface area contributed by atoms with E-state index in [9.17, 15) is 13.2 Å². The quantitative estimate of drug-likeness (QED) is 0.323. The van der Waals surface area contributed by atoms with Gasteiger partial charge in [-0.15, -0.1) is 0 Å². The molecule has 0 N–H and O–H groups in total. The molecule has 1 aliphatic heterocycles. The van der Waals surface area contributed by atoms with Crippen LogP contribution >= 0.6 is 11.3 Å². The van der Waals surface area contributed by atoms with Crippen molar-refractivity contribution in [2.75, 3.05) is 25.1 Å². The number of nitrogens with zero attached hydrogens (tertiary/aromatic N) is 4. The summed E-state index contributed by atoms with van der Waals surface area (Å²) in [4.78, 5) is 25.2. The van der Waals surface area contributed by atoms with E-state index in [4.69, 9.17) is 9.72 Å². The normalized spacial score (nSPS) is 15.0. The number of hydrogen-bond acceptors (Lipinski definition) is 7. The van der Waals surface area contributed by atoms with Gasteiger partial charge in [0.1, 0.15) is 11.3 Å². The van der Waals surface area contributed by atoms with Gasteiger partial charge < -0.3 is 4.74 Å². The zero-order chi connectivity index (χ0) is 26.9. The summed E-state index contributed by atoms with van der Waals surface area (Å²) in [6.07, 6.45) is 2.59. The molecule has 5 rings (SSSR count). The third-order valence-electron chi connectivity index (χ3n) is 6.92. The van der Waals surface area contributed by atoms with Crippen molar-refractivity contribution < 1.29 is 17.9 Å². The molecule has 38 heavy (non-hydrogen) atoms. The number of benzene rings is 2. The second-order valence-electron chi connectivity index (χ2n) is 9.50. The number of rotatable bonds is 7. The van der Waals surface area contributed by atoms with Gasteiger partial charge in [-0.25, -0.2) is 13.4 Å². The number of methoxy groups -OCH3 is 1. The molecule has 10 heteroatoms. The molecule has 1 fully saturated rings. The first-order chi connectivity index (χ1) is 18.3. The molecule has 4 aromatic rings. The van der Waals surface area contributed by atoms with Crippen LogP contribution in [0.25, 0.3) is 10.2 Å². The number of piperidine rings is 1. The molecule has 1 saturated heterocycles. The maximum Gasteiger partial charge on any atom is 0.243 e. The van der Waals surface area contributed by atoms with E-state index < -0.39 is 10.0 Å². The van der Waals surface area contributed by atoms with Crippen LogP contribution in [0.1, 0.15) is 29.7 Å². The van der Waals surface area contributed by atoms with E-state index in [1.165, 1.54) is 15.6 Å². The molecule has 2 aromatic carbocycles. The van der Waals surface area contributed by atoms with Gasteiger partial charge in [-0.05, 0) is 62.6 Å². The molecule has 0 radical (unpaired) electrons. The lowest BCUT2D eigenvalue weighted by Crippen LogP contribution is -2.44. The molecule has 8 nitrogen and oxygen atoms in total. The Kier molecular flexibility index (Phi) is 7.47. The number of hydrogen-bond donors (Lipinski definition) is 0. The van der Waals surface area contributed by atoms with Gasteiger partial charge in [0.2, 0.25) is 15.9 Å². The van der Waals surface area contributed by atoms with E-state index in [0.717, 1.165) is 27.0 Å². The first-order valence-corrected chi connectivity index (χ1v) is 14.8. The molecule has 2 aromatic heterocycles. The Morgan fingerprint density at radius 1 is 1.08 bits per heavy atom. The van der Waals surface area contributed by atoms with Gasteiger partial charge in [-0.2, -0.15) is 4.31 Å². The molecule has 1 amide bonds. The van der Waals surface area contributed by atoms with Crippen LogP contribution < -0.4 is 9.64 Å². The van der Waals surface area contributed by atoms with Crippen molar-refractivity contribution in [2.24, 2.45) is 5.92 Å². The number of ether oxygens (including phenoxy) is 1. The number of fused-ring (bicyclic) bond motifs is 1. The van der Waals surface area contributed by atoms with E-state index >= 15 is 0 Å². The van der Waals surface area contributed by atoms with Crippen molar-refractivity contribution in [3.05, 3.63) is 77.6 Å². The highest BCUT2D eigenvalue weighted by Gasteiger charge is 2.35. The summed E-state index contributed by atoms with van der Waals surface area (Å²) in [6, 6.07) is 16.4. The minimum Gasteiger partial charge on any atom is -0.494 e. The number of carbonyl (C=O) groups is 1. The summed E-state index contributed by atoms with van der Waals surface area (Å²) >= 11 is 1.46. The number of sulfonamides is 1. The van der Waals surface area contributed by atoms with Crippen LogP contribution in [0.3, 0.4) is 0 Å². The minimum absolute atomic E-state index is 0.0706. The van der Waals surface area contributed by atoms with Crippen molar-refractivity contribution in [1.82, 2.24) is 14.3 Å². The fourth-order valence-electron chi connectivity index (χ4n) is 4.69. The third kappa shape index (κ3) is 5.16. The van der Waals surface area contributed by atoms with Crippen molar-refractivity contribution in [3.8, 4) is 5.75 Å². The number of aromatic nitrogens is 2. The zero-order valence-electron chi connectivity index (χ0n) is 21.6. The van der Waals surface area contributed by atoms with E-state index in [-0.39, 0.29) is 36.4 Å². The van der Waals surface area contributed by atoms with E-state index in [1.807, 2.05) is 44.2 Å². The zero-order valence-corrected chi connectivity index (χ0v) is 23.3. The second-order valence-corrected chi connectivity index (χ2v) is 12.4. The first kappa shape index (κ1) is 26.3. The molecular formula is C28H30N4O4S2. The van der Waals surface area contributed by atoms with E-state index in [2.05, 4.69) is 4.98 Å². The van der Waals surface area contributed by atoms with Crippen molar-refractivity contribution in [1.29, 1.82) is 0 Å². The predicted molar refractivity (Wildman–Crippen MR) is 149 cm³/mol. The van der Waals surface area contributed by atoms with Gasteiger partial charge in [0.05, 0.1) is 28.9 Å². The smallest absolute Gasteiger partial charge is 0.243 e. The monoisotopic (exact) mass is 550 g/mol. The van der Waals surface area contributed by atoms with Gasteiger partial charge in [-0.3, -0.25) is 14.7 Å². The van der Waals surface area contributed by atoms with Crippen LogP contribution in [0.2, 0.25) is 0 Å². The van der Waals surface area contributed by atoms with Gasteiger partial charge in [0, 0.05) is 25.2 Å². The summed E-state index contributed by atoms with van der Waals surface area (Å²) < 4.78 is 34.3. The summed E-state index contributed by atoms with van der Waals surface area (Å²) in [5, 5.41) is 0.581. The van der Waals surface area contributed by atoms with Gasteiger partial charge in [0.25, 0.3) is 0 Å². The highest BCUT2D eigenvalue weighted by atomic mass is 32.2. The van der Waals surface area contributed by atoms with Gasteiger partial charge >= 0.3 is 0 Å². The topological polar surface area (TPSA) is 92.7 Å². The Morgan fingerprint density at radius 2 is 1.82 bits per heavy atom. The van der Waals surface area contributed by atoms with Crippen LogP contribution in [0.4, 0.5) is 5.13 Å². The Morgan fingerprint density at radius 3 is 2.47 bits per heavy atom. The molecule has 0 bridgehead atoms. The number of aryl methyl sites for hydroxylation is 2. The molecular weight excluding hydrogens is 520 g/mol. The summed E-state index contributed by atoms with van der Waals surface area (Å²) in [6.45, 7) is 4.79. The molecule has 0 unspecified atom stereocenters. The summed E-state index contributed by atoms with van der Waals surface area (Å²) in [7, 11) is -1.99.